The summed E-state index contributed by atoms with van der Waals surface area (Å²) in [5.41, 5.74) is 0.223. The fourth-order valence-corrected chi connectivity index (χ4v) is 0.812. The van der Waals surface area contributed by atoms with E-state index in [0.29, 0.717) is 5.88 Å². The van der Waals surface area contributed by atoms with Crippen LogP contribution in [0.4, 0.5) is 0 Å². The van der Waals surface area contributed by atoms with Gasteiger partial charge in [0, 0.05) is 13.1 Å². The van der Waals surface area contributed by atoms with E-state index in [-0.39, 0.29) is 11.6 Å². The van der Waals surface area contributed by atoms with Crippen LogP contribution in [0, 0.1) is 0 Å². The van der Waals surface area contributed by atoms with Gasteiger partial charge in [-0.2, -0.15) is 0 Å². The smallest absolute Gasteiger partial charge is 0.295 e. The highest BCUT2D eigenvalue weighted by molar-refractivity contribution is 5.91. The molecule has 6 nitrogen and oxygen atoms in total. The number of hydrogen-bond acceptors (Lipinski definition) is 5. The number of ether oxygens (including phenoxy) is 1. The van der Waals surface area contributed by atoms with Crippen molar-refractivity contribution in [3.05, 3.63) is 18.1 Å². The Bertz CT molecular complexity index is 329. The molecule has 76 valence electrons. The van der Waals surface area contributed by atoms with Crippen LogP contribution in [0.5, 0.6) is 5.88 Å². The molecule has 0 atom stereocenters. The Morgan fingerprint density at radius 1 is 1.43 bits per heavy atom. The third-order valence-corrected chi connectivity index (χ3v) is 1.63. The number of carbonyl (C=O) groups excluding carboxylic acids is 1. The van der Waals surface area contributed by atoms with E-state index in [1.54, 1.807) is 0 Å². The van der Waals surface area contributed by atoms with Crippen LogP contribution in [-0.2, 0) is 4.84 Å². The highest BCUT2D eigenvalue weighted by Crippen LogP contribution is 2.07. The highest BCUT2D eigenvalue weighted by atomic mass is 16.7. The summed E-state index contributed by atoms with van der Waals surface area (Å²) in [6, 6.07) is 1.44. The first-order valence-corrected chi connectivity index (χ1v) is 3.87. The topological polar surface area (TPSA) is 64.5 Å². The predicted molar refractivity (Wildman–Crippen MR) is 47.7 cm³/mol. The predicted octanol–water partition coefficient (Wildman–Crippen LogP) is 0.119. The molecule has 0 unspecified atom stereocenters. The SMILES string of the molecule is COc1cc(C(=O)N(C)OC)ncn1. The average molecular weight is 197 g/mol. The minimum atomic E-state index is -0.354. The first kappa shape index (κ1) is 10.4. The maximum absolute atomic E-state index is 11.5. The van der Waals surface area contributed by atoms with Gasteiger partial charge in [0.25, 0.3) is 5.91 Å². The van der Waals surface area contributed by atoms with Crippen molar-refractivity contribution in [1.29, 1.82) is 0 Å². The summed E-state index contributed by atoms with van der Waals surface area (Å²) in [6.45, 7) is 0. The number of nitrogens with zero attached hydrogens (tertiary/aromatic N) is 3. The van der Waals surface area contributed by atoms with E-state index < -0.39 is 0 Å². The average Bonchev–Trinajstić information content (AvgIpc) is 2.27. The zero-order valence-corrected chi connectivity index (χ0v) is 8.22. The van der Waals surface area contributed by atoms with Gasteiger partial charge in [-0.05, 0) is 0 Å². The first-order chi connectivity index (χ1) is 6.69. The lowest BCUT2D eigenvalue weighted by Crippen LogP contribution is -2.26. The maximum Gasteiger partial charge on any atom is 0.295 e. The molecule has 0 radical (unpaired) electrons. The van der Waals surface area contributed by atoms with Crippen molar-refractivity contribution < 1.29 is 14.4 Å². The molecule has 1 aromatic heterocycles. The third kappa shape index (κ3) is 2.17. The number of methoxy groups -OCH3 is 1. The van der Waals surface area contributed by atoms with Gasteiger partial charge in [-0.3, -0.25) is 9.63 Å². The number of amides is 1. The van der Waals surface area contributed by atoms with Crippen LogP contribution >= 0.6 is 0 Å². The Labute approximate surface area is 81.4 Å². The molecule has 0 N–H and O–H groups in total. The molecule has 0 saturated carbocycles. The maximum atomic E-state index is 11.5. The Morgan fingerprint density at radius 2 is 2.14 bits per heavy atom. The van der Waals surface area contributed by atoms with Crippen molar-refractivity contribution >= 4 is 5.91 Å². The molecule has 1 aromatic rings. The first-order valence-electron chi connectivity index (χ1n) is 3.87. The lowest BCUT2D eigenvalue weighted by molar-refractivity contribution is -0.0760. The minimum Gasteiger partial charge on any atom is -0.481 e. The molecule has 0 aliphatic carbocycles. The summed E-state index contributed by atoms with van der Waals surface area (Å²) < 4.78 is 4.86. The second-order valence-corrected chi connectivity index (χ2v) is 2.43. The molecule has 1 amide bonds. The molecule has 0 bridgehead atoms. The van der Waals surface area contributed by atoms with E-state index >= 15 is 0 Å². The van der Waals surface area contributed by atoms with Crippen molar-refractivity contribution in [1.82, 2.24) is 15.0 Å². The molecule has 0 aliphatic rings. The summed E-state index contributed by atoms with van der Waals surface area (Å²) in [5.74, 6) is -0.0129. The molecular weight excluding hydrogens is 186 g/mol. The van der Waals surface area contributed by atoms with Gasteiger partial charge in [0.15, 0.2) is 0 Å². The molecule has 0 aromatic carbocycles. The lowest BCUT2D eigenvalue weighted by Gasteiger charge is -2.12. The molecule has 0 saturated heterocycles. The minimum absolute atomic E-state index is 0.223. The van der Waals surface area contributed by atoms with Crippen molar-refractivity contribution in [2.75, 3.05) is 21.3 Å². The summed E-state index contributed by atoms with van der Waals surface area (Å²) in [7, 11) is 4.36. The molecule has 1 heterocycles. The van der Waals surface area contributed by atoms with Crippen LogP contribution in [-0.4, -0.2) is 42.2 Å². The van der Waals surface area contributed by atoms with E-state index in [2.05, 4.69) is 9.97 Å². The van der Waals surface area contributed by atoms with E-state index in [0.717, 1.165) is 5.06 Å². The van der Waals surface area contributed by atoms with Gasteiger partial charge in [0.1, 0.15) is 12.0 Å². The van der Waals surface area contributed by atoms with Crippen molar-refractivity contribution in [3.63, 3.8) is 0 Å². The third-order valence-electron chi connectivity index (χ3n) is 1.63. The van der Waals surface area contributed by atoms with Gasteiger partial charge >= 0.3 is 0 Å². The molecule has 14 heavy (non-hydrogen) atoms. The molecule has 1 rings (SSSR count). The summed E-state index contributed by atoms with van der Waals surface area (Å²) in [5, 5.41) is 1.07. The lowest BCUT2D eigenvalue weighted by atomic mass is 10.4. The number of hydrogen-bond donors (Lipinski definition) is 0. The van der Waals surface area contributed by atoms with Crippen LogP contribution in [0.3, 0.4) is 0 Å². The van der Waals surface area contributed by atoms with Crippen molar-refractivity contribution in [2.45, 2.75) is 0 Å². The van der Waals surface area contributed by atoms with Gasteiger partial charge < -0.3 is 4.74 Å². The fraction of sp³-hybridized carbons (Fsp3) is 0.375. The Kier molecular flexibility index (Phi) is 3.35. The van der Waals surface area contributed by atoms with Crippen LogP contribution < -0.4 is 4.74 Å². The second kappa shape index (κ2) is 4.52. The van der Waals surface area contributed by atoms with Crippen molar-refractivity contribution in [2.24, 2.45) is 0 Å². The Morgan fingerprint density at radius 3 is 2.71 bits per heavy atom. The van der Waals surface area contributed by atoms with Crippen LogP contribution in [0.15, 0.2) is 12.4 Å². The van der Waals surface area contributed by atoms with Crippen LogP contribution in [0.2, 0.25) is 0 Å². The number of hydroxylamine groups is 2. The second-order valence-electron chi connectivity index (χ2n) is 2.43. The fourth-order valence-electron chi connectivity index (χ4n) is 0.812. The van der Waals surface area contributed by atoms with Gasteiger partial charge in [-0.25, -0.2) is 15.0 Å². The van der Waals surface area contributed by atoms with E-state index in [1.807, 2.05) is 0 Å². The molecule has 0 spiro atoms. The van der Waals surface area contributed by atoms with Gasteiger partial charge in [0.2, 0.25) is 5.88 Å². The van der Waals surface area contributed by atoms with Gasteiger partial charge in [-0.15, -0.1) is 0 Å². The molecule has 0 fully saturated rings. The number of rotatable bonds is 3. The standard InChI is InChI=1S/C8H11N3O3/c1-11(14-3)8(12)6-4-7(13-2)10-5-9-6/h4-5H,1-3H3. The molecule has 6 heteroatoms. The Hall–Kier alpha value is -1.69. The molecule has 0 aliphatic heterocycles. The van der Waals surface area contributed by atoms with Crippen molar-refractivity contribution in [3.8, 4) is 5.88 Å². The summed E-state index contributed by atoms with van der Waals surface area (Å²) in [4.78, 5) is 23.8. The normalized spacial score (nSPS) is 9.64. The number of aromatic nitrogens is 2. The molecular formula is C8H11N3O3. The Balaban J connectivity index is 2.90. The van der Waals surface area contributed by atoms with Gasteiger partial charge in [0.05, 0.1) is 14.2 Å². The van der Waals surface area contributed by atoms with Crippen LogP contribution in [0.25, 0.3) is 0 Å². The summed E-state index contributed by atoms with van der Waals surface area (Å²) in [6.07, 6.45) is 1.26. The van der Waals surface area contributed by atoms with E-state index in [4.69, 9.17) is 9.57 Å². The largest absolute Gasteiger partial charge is 0.481 e. The summed E-state index contributed by atoms with van der Waals surface area (Å²) >= 11 is 0. The highest BCUT2D eigenvalue weighted by Gasteiger charge is 2.13. The zero-order valence-electron chi connectivity index (χ0n) is 8.22. The monoisotopic (exact) mass is 197 g/mol. The van der Waals surface area contributed by atoms with Gasteiger partial charge in [-0.1, -0.05) is 0 Å². The quantitative estimate of drug-likeness (QED) is 0.644. The number of carbonyl (C=O) groups is 1. The van der Waals surface area contributed by atoms with Crippen LogP contribution in [0.1, 0.15) is 10.5 Å². The zero-order chi connectivity index (χ0) is 10.6. The van der Waals surface area contributed by atoms with E-state index in [9.17, 15) is 4.79 Å². The van der Waals surface area contributed by atoms with E-state index in [1.165, 1.54) is 33.7 Å².